The third-order valence-electron chi connectivity index (χ3n) is 4.93. The van der Waals surface area contributed by atoms with E-state index < -0.39 is 5.60 Å². The Morgan fingerprint density at radius 3 is 2.81 bits per heavy atom. The molecule has 1 N–H and O–H groups in total. The lowest BCUT2D eigenvalue weighted by molar-refractivity contribution is 0.0547. The summed E-state index contributed by atoms with van der Waals surface area (Å²) in [7, 11) is 0. The third-order valence-corrected chi connectivity index (χ3v) is 5.15. The van der Waals surface area contributed by atoms with E-state index >= 15 is 0 Å². The molecule has 3 aromatic rings. The van der Waals surface area contributed by atoms with E-state index in [0.29, 0.717) is 24.0 Å². The number of aliphatic hydroxyl groups is 1. The maximum absolute atomic E-state index is 10.0. The van der Waals surface area contributed by atoms with E-state index in [4.69, 9.17) is 20.8 Å². The van der Waals surface area contributed by atoms with Gasteiger partial charge in [0.05, 0.1) is 18.4 Å². The summed E-state index contributed by atoms with van der Waals surface area (Å²) in [5.41, 5.74) is 3.14. The molecule has 3 heterocycles. The van der Waals surface area contributed by atoms with Crippen molar-refractivity contribution >= 4 is 22.6 Å². The van der Waals surface area contributed by atoms with Gasteiger partial charge in [-0.05, 0) is 49.9 Å². The highest BCUT2D eigenvalue weighted by molar-refractivity contribution is 6.31. The van der Waals surface area contributed by atoms with Gasteiger partial charge in [0.2, 0.25) is 0 Å². The van der Waals surface area contributed by atoms with Crippen molar-refractivity contribution in [2.75, 3.05) is 6.61 Å². The van der Waals surface area contributed by atoms with Crippen LogP contribution in [0.3, 0.4) is 0 Å². The van der Waals surface area contributed by atoms with E-state index in [1.54, 1.807) is 6.20 Å². The van der Waals surface area contributed by atoms with Crippen LogP contribution < -0.4 is 4.74 Å². The van der Waals surface area contributed by atoms with Gasteiger partial charge in [0.1, 0.15) is 11.5 Å². The van der Waals surface area contributed by atoms with Crippen LogP contribution in [0, 0.1) is 5.92 Å². The highest BCUT2D eigenvalue weighted by Crippen LogP contribution is 2.42. The van der Waals surface area contributed by atoms with Gasteiger partial charge in [-0.15, -0.1) is 0 Å². The molecule has 1 unspecified atom stereocenters. The number of halogens is 1. The maximum atomic E-state index is 10.0. The van der Waals surface area contributed by atoms with Crippen LogP contribution in [0.4, 0.5) is 0 Å². The number of ether oxygens (including phenoxy) is 1. The lowest BCUT2D eigenvalue weighted by atomic mass is 9.92. The smallest absolute Gasteiger partial charge is 0.153 e. The van der Waals surface area contributed by atoms with Gasteiger partial charge < -0.3 is 14.3 Å². The number of hydrogen-bond donors (Lipinski definition) is 1. The Kier molecular flexibility index (Phi) is 4.65. The molecule has 1 aliphatic heterocycles. The van der Waals surface area contributed by atoms with Gasteiger partial charge in [-0.3, -0.25) is 4.98 Å². The van der Waals surface area contributed by atoms with Crippen LogP contribution in [0.15, 0.2) is 35.0 Å². The van der Waals surface area contributed by atoms with Gasteiger partial charge in [0.25, 0.3) is 0 Å². The molecular weight excluding hydrogens is 362 g/mol. The van der Waals surface area contributed by atoms with Crippen molar-refractivity contribution in [1.29, 1.82) is 0 Å². The van der Waals surface area contributed by atoms with E-state index in [0.717, 1.165) is 52.0 Å². The number of fused-ring (bicyclic) bond motifs is 2. The maximum Gasteiger partial charge on any atom is 0.153 e. The fourth-order valence-corrected chi connectivity index (χ4v) is 4.31. The number of pyridine rings is 1. The number of furan rings is 1. The summed E-state index contributed by atoms with van der Waals surface area (Å²) in [6.45, 7) is 6.48. The number of nitrogens with zero attached hydrogens (tertiary/aromatic N) is 1. The van der Waals surface area contributed by atoms with Crippen molar-refractivity contribution in [3.63, 3.8) is 0 Å². The second-order valence-corrected chi connectivity index (χ2v) is 8.61. The molecule has 0 spiro atoms. The minimum absolute atomic E-state index is 0.306. The van der Waals surface area contributed by atoms with E-state index in [1.807, 2.05) is 32.2 Å². The Hall–Kier alpha value is -2.04. The first-order valence-corrected chi connectivity index (χ1v) is 9.72. The van der Waals surface area contributed by atoms with E-state index in [1.165, 1.54) is 0 Å². The van der Waals surface area contributed by atoms with Crippen LogP contribution >= 0.6 is 11.6 Å². The molecule has 1 atom stereocenters. The molecule has 1 aliphatic rings. The Labute approximate surface area is 164 Å². The summed E-state index contributed by atoms with van der Waals surface area (Å²) in [5.74, 6) is 2.10. The van der Waals surface area contributed by atoms with Gasteiger partial charge in [-0.2, -0.15) is 0 Å². The molecule has 4 nitrogen and oxygen atoms in total. The average Bonchev–Trinajstić information content (AvgIpc) is 3.17. The minimum atomic E-state index is -0.684. The lowest BCUT2D eigenvalue weighted by Gasteiger charge is -2.21. The molecule has 1 aromatic carbocycles. The van der Waals surface area contributed by atoms with Crippen LogP contribution in [0.25, 0.3) is 22.1 Å². The number of benzene rings is 1. The highest BCUT2D eigenvalue weighted by Gasteiger charge is 2.22. The summed E-state index contributed by atoms with van der Waals surface area (Å²) in [4.78, 5) is 4.36. The average molecular weight is 386 g/mol. The lowest BCUT2D eigenvalue weighted by Crippen LogP contribution is -2.22. The van der Waals surface area contributed by atoms with Crippen molar-refractivity contribution in [1.82, 2.24) is 4.98 Å². The molecule has 0 saturated heterocycles. The van der Waals surface area contributed by atoms with Crippen LogP contribution in [0.1, 0.15) is 38.5 Å². The molecule has 0 bridgehead atoms. The SMILES string of the molecule is CC(Cc1cc2c(-c3cc(Cl)cc4c3OCC4)cncc2o1)CC(C)(C)O. The number of aromatic nitrogens is 1. The third kappa shape index (κ3) is 3.83. The predicted molar refractivity (Wildman–Crippen MR) is 107 cm³/mol. The molecule has 0 aliphatic carbocycles. The van der Waals surface area contributed by atoms with Crippen molar-refractivity contribution in [3.8, 4) is 16.9 Å². The van der Waals surface area contributed by atoms with Gasteiger partial charge in [-0.1, -0.05) is 18.5 Å². The topological polar surface area (TPSA) is 55.5 Å². The zero-order valence-electron chi connectivity index (χ0n) is 15.9. The fraction of sp³-hybridized carbons (Fsp3) is 0.409. The standard InChI is InChI=1S/C22H24ClNO3/c1-13(10-22(2,3)25)6-16-9-17-19(11-24-12-20(17)27-16)18-8-15(23)7-14-4-5-26-21(14)18/h7-9,11-13,25H,4-6,10H2,1-3H3. The van der Waals surface area contributed by atoms with Crippen LogP contribution in [-0.2, 0) is 12.8 Å². The molecule has 0 amide bonds. The van der Waals surface area contributed by atoms with Crippen molar-refractivity contribution < 1.29 is 14.3 Å². The molecule has 5 heteroatoms. The van der Waals surface area contributed by atoms with E-state index in [9.17, 15) is 5.11 Å². The van der Waals surface area contributed by atoms with E-state index in [2.05, 4.69) is 18.0 Å². The van der Waals surface area contributed by atoms with Crippen molar-refractivity contribution in [3.05, 3.63) is 46.9 Å². The summed E-state index contributed by atoms with van der Waals surface area (Å²) < 4.78 is 11.9. The minimum Gasteiger partial charge on any atom is -0.492 e. The van der Waals surface area contributed by atoms with Crippen LogP contribution in [-0.4, -0.2) is 22.3 Å². The molecule has 0 saturated carbocycles. The monoisotopic (exact) mass is 385 g/mol. The highest BCUT2D eigenvalue weighted by atomic mass is 35.5. The molecule has 2 aromatic heterocycles. The van der Waals surface area contributed by atoms with Crippen molar-refractivity contribution in [2.24, 2.45) is 5.92 Å². The first kappa shape index (κ1) is 18.3. The second-order valence-electron chi connectivity index (χ2n) is 8.18. The first-order valence-electron chi connectivity index (χ1n) is 9.34. The summed E-state index contributed by atoms with van der Waals surface area (Å²) in [6, 6.07) is 5.99. The molecule has 27 heavy (non-hydrogen) atoms. The van der Waals surface area contributed by atoms with Gasteiger partial charge in [-0.25, -0.2) is 0 Å². The Morgan fingerprint density at radius 1 is 1.22 bits per heavy atom. The summed E-state index contributed by atoms with van der Waals surface area (Å²) >= 11 is 6.34. The zero-order valence-corrected chi connectivity index (χ0v) is 16.6. The fourth-order valence-electron chi connectivity index (χ4n) is 4.07. The second kappa shape index (κ2) is 6.84. The van der Waals surface area contributed by atoms with Gasteiger partial charge >= 0.3 is 0 Å². The quantitative estimate of drug-likeness (QED) is 0.636. The van der Waals surface area contributed by atoms with Gasteiger partial charge in [0.15, 0.2) is 5.58 Å². The largest absolute Gasteiger partial charge is 0.492 e. The van der Waals surface area contributed by atoms with Gasteiger partial charge in [0, 0.05) is 40.6 Å². The molecule has 0 radical (unpaired) electrons. The summed E-state index contributed by atoms with van der Waals surface area (Å²) in [5, 5.41) is 11.8. The number of rotatable bonds is 5. The zero-order chi connectivity index (χ0) is 19.2. The molecule has 4 rings (SSSR count). The van der Waals surface area contributed by atoms with Crippen LogP contribution in [0.2, 0.25) is 5.02 Å². The van der Waals surface area contributed by atoms with E-state index in [-0.39, 0.29) is 0 Å². The van der Waals surface area contributed by atoms with Crippen LogP contribution in [0.5, 0.6) is 5.75 Å². The predicted octanol–water partition coefficient (Wildman–Crippen LogP) is 5.42. The first-order chi connectivity index (χ1) is 12.8. The normalized spacial score (nSPS) is 15.0. The Bertz CT molecular complexity index is 987. The van der Waals surface area contributed by atoms with Crippen molar-refractivity contribution in [2.45, 2.75) is 45.6 Å². The molecular formula is C22H24ClNO3. The number of hydrogen-bond acceptors (Lipinski definition) is 4. The molecule has 142 valence electrons. The Morgan fingerprint density at radius 2 is 2.04 bits per heavy atom. The molecule has 0 fully saturated rings. The summed E-state index contributed by atoms with van der Waals surface area (Å²) in [6.07, 6.45) is 5.94. The Balaban J connectivity index is 1.73.